The van der Waals surface area contributed by atoms with Crippen LogP contribution in [0.15, 0.2) is 194 Å². The lowest BCUT2D eigenvalue weighted by Gasteiger charge is -2.11. The number of para-hydroxylation sites is 4. The number of rotatable bonds is 3. The topological polar surface area (TPSA) is 18.6 Å². The number of aromatic nitrogens is 3. The summed E-state index contributed by atoms with van der Waals surface area (Å²) >= 11 is 0. The third-order valence-corrected chi connectivity index (χ3v) is 13.3. The molecule has 10 aromatic carbocycles. The average Bonchev–Trinajstić information content (AvgIpc) is 4.03. The maximum atomic E-state index is 7.55. The molecule has 0 saturated heterocycles. The van der Waals surface area contributed by atoms with Gasteiger partial charge in [-0.3, -0.25) is 0 Å². The van der Waals surface area contributed by atoms with E-state index in [0.29, 0.717) is 5.69 Å². The van der Waals surface area contributed by atoms with Crippen molar-refractivity contribution in [2.24, 2.45) is 0 Å². The summed E-state index contributed by atoms with van der Waals surface area (Å²) in [6, 6.07) is 71.0. The smallest absolute Gasteiger partial charge is 0.187 e. The Balaban J connectivity index is 1.06. The Morgan fingerprint density at radius 2 is 0.738 bits per heavy atom. The standard InChI is InChI=1S/C57H32N4/c1-58-40-22-18-34(19-23-40)39-30-49-47-28-35-20-24-41(59-51-14-6-2-10-43(51)44-11-3-7-15-52(44)59)26-37(35)32-55(47)61-56-33-38-27-42(25-21-36(38)29-48(56)50(31-39)57(49)61)60-53-16-8-4-12-45(53)46-13-5-9-17-54(46)60/h2-33H. The van der Waals surface area contributed by atoms with Crippen molar-refractivity contribution >= 4 is 109 Å². The average molecular weight is 773 g/mol. The molecule has 0 atom stereocenters. The van der Waals surface area contributed by atoms with Gasteiger partial charge in [-0.1, -0.05) is 109 Å². The molecule has 0 amide bonds. The Morgan fingerprint density at radius 1 is 0.311 bits per heavy atom. The summed E-state index contributed by atoms with van der Waals surface area (Å²) in [5.74, 6) is 0. The Kier molecular flexibility index (Phi) is 6.33. The summed E-state index contributed by atoms with van der Waals surface area (Å²) in [5, 5.41) is 14.8. The van der Waals surface area contributed by atoms with Crippen LogP contribution in [0.1, 0.15) is 0 Å². The van der Waals surface area contributed by atoms with E-state index in [9.17, 15) is 0 Å². The van der Waals surface area contributed by atoms with E-state index in [4.69, 9.17) is 6.57 Å². The van der Waals surface area contributed by atoms with Crippen molar-refractivity contribution in [1.82, 2.24) is 13.5 Å². The molecule has 14 rings (SSSR count). The molecule has 0 unspecified atom stereocenters. The van der Waals surface area contributed by atoms with E-state index in [1.54, 1.807) is 0 Å². The number of hydrogen-bond donors (Lipinski definition) is 0. The van der Waals surface area contributed by atoms with Crippen molar-refractivity contribution in [3.63, 3.8) is 0 Å². The summed E-state index contributed by atoms with van der Waals surface area (Å²) in [7, 11) is 0. The van der Waals surface area contributed by atoms with Crippen molar-refractivity contribution in [2.45, 2.75) is 0 Å². The van der Waals surface area contributed by atoms with Crippen molar-refractivity contribution in [3.05, 3.63) is 206 Å². The highest BCUT2D eigenvalue weighted by Crippen LogP contribution is 2.45. The second kappa shape index (κ2) is 11.9. The third-order valence-electron chi connectivity index (χ3n) is 13.3. The van der Waals surface area contributed by atoms with Gasteiger partial charge in [-0.25, -0.2) is 4.85 Å². The number of hydrogen-bond acceptors (Lipinski definition) is 0. The van der Waals surface area contributed by atoms with E-state index in [1.165, 1.54) is 103 Å². The van der Waals surface area contributed by atoms with Gasteiger partial charge >= 0.3 is 0 Å². The first-order chi connectivity index (χ1) is 30.2. The molecule has 0 radical (unpaired) electrons. The minimum atomic E-state index is 0.648. The Morgan fingerprint density at radius 3 is 1.16 bits per heavy atom. The van der Waals surface area contributed by atoms with Gasteiger partial charge in [0.2, 0.25) is 0 Å². The first kappa shape index (κ1) is 32.6. The molecule has 61 heavy (non-hydrogen) atoms. The fraction of sp³-hybridized carbons (Fsp3) is 0. The van der Waals surface area contributed by atoms with E-state index in [1.807, 2.05) is 12.1 Å². The van der Waals surface area contributed by atoms with Gasteiger partial charge in [-0.2, -0.15) is 0 Å². The van der Waals surface area contributed by atoms with Crippen molar-refractivity contribution in [3.8, 4) is 22.5 Å². The largest absolute Gasteiger partial charge is 0.309 e. The Labute approximate surface area is 349 Å². The SMILES string of the molecule is [C-]#[N+]c1ccc(-c2cc3c4cc5ccc(-n6c7ccccc7c7ccccc76)cc5cc4n4c5cc6cc(-n7c8ccccc8c8ccccc87)ccc6cc5c(c2)c34)cc1. The second-order valence-corrected chi connectivity index (χ2v) is 16.5. The lowest BCUT2D eigenvalue weighted by molar-refractivity contribution is 1.19. The van der Waals surface area contributed by atoms with Crippen molar-refractivity contribution in [2.75, 3.05) is 0 Å². The molecule has 14 aromatic rings. The van der Waals surface area contributed by atoms with Gasteiger partial charge in [0.25, 0.3) is 0 Å². The summed E-state index contributed by atoms with van der Waals surface area (Å²) < 4.78 is 7.32. The van der Waals surface area contributed by atoms with Crippen LogP contribution >= 0.6 is 0 Å². The highest BCUT2D eigenvalue weighted by molar-refractivity contribution is 6.27. The molecule has 0 bridgehead atoms. The van der Waals surface area contributed by atoms with Crippen LogP contribution in [0.2, 0.25) is 0 Å². The predicted octanol–water partition coefficient (Wildman–Crippen LogP) is 15.6. The van der Waals surface area contributed by atoms with E-state index in [0.717, 1.165) is 22.5 Å². The van der Waals surface area contributed by atoms with Gasteiger partial charge < -0.3 is 13.5 Å². The molecule has 0 N–H and O–H groups in total. The van der Waals surface area contributed by atoms with Crippen LogP contribution in [0.4, 0.5) is 5.69 Å². The maximum Gasteiger partial charge on any atom is 0.187 e. The van der Waals surface area contributed by atoms with Crippen LogP contribution in [0.3, 0.4) is 0 Å². The molecule has 0 spiro atoms. The van der Waals surface area contributed by atoms with Crippen LogP contribution < -0.4 is 0 Å². The highest BCUT2D eigenvalue weighted by Gasteiger charge is 2.21. The van der Waals surface area contributed by atoms with Crippen molar-refractivity contribution < 1.29 is 0 Å². The predicted molar refractivity (Wildman–Crippen MR) is 256 cm³/mol. The lowest BCUT2D eigenvalue weighted by atomic mass is 9.97. The van der Waals surface area contributed by atoms with E-state index in [2.05, 4.69) is 200 Å². The fourth-order valence-corrected chi connectivity index (χ4v) is 10.6. The van der Waals surface area contributed by atoms with Gasteiger partial charge in [0.1, 0.15) is 0 Å². The van der Waals surface area contributed by atoms with Crippen LogP contribution in [0, 0.1) is 6.57 Å². The van der Waals surface area contributed by atoms with Crippen LogP contribution in [-0.4, -0.2) is 13.5 Å². The van der Waals surface area contributed by atoms with E-state index < -0.39 is 0 Å². The molecule has 4 heteroatoms. The van der Waals surface area contributed by atoms with Crippen LogP contribution in [-0.2, 0) is 0 Å². The van der Waals surface area contributed by atoms with Crippen LogP contribution in [0.25, 0.3) is 131 Å². The first-order valence-electron chi connectivity index (χ1n) is 20.8. The highest BCUT2D eigenvalue weighted by atomic mass is 15.0. The third kappa shape index (κ3) is 4.42. The quantitative estimate of drug-likeness (QED) is 0.159. The molecule has 280 valence electrons. The Hall–Kier alpha value is -8.39. The number of benzene rings is 10. The van der Waals surface area contributed by atoms with Gasteiger partial charge in [0.15, 0.2) is 5.69 Å². The molecule has 0 aliphatic carbocycles. The zero-order chi connectivity index (χ0) is 39.9. The van der Waals surface area contributed by atoms with E-state index in [-0.39, 0.29) is 0 Å². The minimum Gasteiger partial charge on any atom is -0.309 e. The molecule has 4 nitrogen and oxygen atoms in total. The molecular weight excluding hydrogens is 741 g/mol. The fourth-order valence-electron chi connectivity index (χ4n) is 10.6. The number of nitrogens with zero attached hydrogens (tertiary/aromatic N) is 4. The monoisotopic (exact) mass is 772 g/mol. The molecule has 0 saturated carbocycles. The lowest BCUT2D eigenvalue weighted by Crippen LogP contribution is -1.94. The summed E-state index contributed by atoms with van der Waals surface area (Å²) in [5.41, 5.74) is 13.7. The van der Waals surface area contributed by atoms with Crippen molar-refractivity contribution in [1.29, 1.82) is 0 Å². The van der Waals surface area contributed by atoms with Gasteiger partial charge in [-0.15, -0.1) is 0 Å². The molecular formula is C57H32N4. The van der Waals surface area contributed by atoms with E-state index >= 15 is 0 Å². The summed E-state index contributed by atoms with van der Waals surface area (Å²) in [6.45, 7) is 7.55. The van der Waals surface area contributed by atoms with Gasteiger partial charge in [0, 0.05) is 54.5 Å². The zero-order valence-corrected chi connectivity index (χ0v) is 32.8. The molecule has 0 fully saturated rings. The molecule has 4 heterocycles. The maximum absolute atomic E-state index is 7.55. The van der Waals surface area contributed by atoms with Crippen LogP contribution in [0.5, 0.6) is 0 Å². The summed E-state index contributed by atoms with van der Waals surface area (Å²) in [6.07, 6.45) is 0. The summed E-state index contributed by atoms with van der Waals surface area (Å²) in [4.78, 5) is 3.67. The minimum absolute atomic E-state index is 0.648. The normalized spacial score (nSPS) is 12.2. The second-order valence-electron chi connectivity index (χ2n) is 16.5. The molecule has 0 aliphatic rings. The number of fused-ring (bicyclic) bond motifs is 14. The first-order valence-corrected chi connectivity index (χ1v) is 20.8. The Bertz CT molecular complexity index is 3880. The van der Waals surface area contributed by atoms with Gasteiger partial charge in [-0.05, 0) is 118 Å². The molecule has 0 aliphatic heterocycles. The molecule has 4 aromatic heterocycles. The zero-order valence-electron chi connectivity index (χ0n) is 32.8. The van der Waals surface area contributed by atoms with Gasteiger partial charge in [0.05, 0.1) is 45.2 Å².